The van der Waals surface area contributed by atoms with Gasteiger partial charge in [-0.2, -0.15) is 0 Å². The molecular formula is C10H13N3O. The van der Waals surface area contributed by atoms with E-state index in [2.05, 4.69) is 9.97 Å². The summed E-state index contributed by atoms with van der Waals surface area (Å²) < 4.78 is 0. The number of nitrogens with zero attached hydrogens (tertiary/aromatic N) is 2. The summed E-state index contributed by atoms with van der Waals surface area (Å²) >= 11 is 0. The first kappa shape index (κ1) is 9.27. The predicted molar refractivity (Wildman–Crippen MR) is 51.9 cm³/mol. The Morgan fingerprint density at radius 2 is 2.29 bits per heavy atom. The number of aromatic nitrogens is 2. The number of hydrogen-bond donors (Lipinski definition) is 1. The van der Waals surface area contributed by atoms with E-state index in [-0.39, 0.29) is 11.8 Å². The predicted octanol–water partition coefficient (Wildman–Crippen LogP) is 1.02. The van der Waals surface area contributed by atoms with Gasteiger partial charge in [-0.1, -0.05) is 0 Å². The molecule has 2 N–H and O–H groups in total. The van der Waals surface area contributed by atoms with Crippen LogP contribution in [-0.2, 0) is 6.42 Å². The van der Waals surface area contributed by atoms with E-state index in [0.717, 1.165) is 18.5 Å². The molecule has 0 amide bonds. The normalized spacial score (nSPS) is 17.7. The summed E-state index contributed by atoms with van der Waals surface area (Å²) in [5.41, 5.74) is 7.22. The minimum Gasteiger partial charge on any atom is -0.322 e. The van der Waals surface area contributed by atoms with Crippen molar-refractivity contribution in [1.29, 1.82) is 0 Å². The number of ketones is 1. The second kappa shape index (κ2) is 3.46. The van der Waals surface area contributed by atoms with Crippen LogP contribution in [0.15, 0.2) is 6.20 Å². The number of Topliss-reactive ketones (excluding diaryl/α,β-unsaturated/α-hetero) is 1. The van der Waals surface area contributed by atoms with E-state index >= 15 is 0 Å². The minimum atomic E-state index is -0.169. The number of carbonyl (C=O) groups is 1. The van der Waals surface area contributed by atoms with Gasteiger partial charge in [0.2, 0.25) is 0 Å². The van der Waals surface area contributed by atoms with Gasteiger partial charge in [0, 0.05) is 12.6 Å². The van der Waals surface area contributed by atoms with Crippen LogP contribution < -0.4 is 5.73 Å². The van der Waals surface area contributed by atoms with E-state index in [4.69, 9.17) is 5.73 Å². The quantitative estimate of drug-likeness (QED) is 0.719. The van der Waals surface area contributed by atoms with E-state index in [1.54, 1.807) is 6.20 Å². The van der Waals surface area contributed by atoms with Crippen molar-refractivity contribution in [3.8, 4) is 0 Å². The van der Waals surface area contributed by atoms with Crippen LogP contribution in [0.3, 0.4) is 0 Å². The minimum absolute atomic E-state index is 0.155. The molecule has 4 nitrogen and oxygen atoms in total. The lowest BCUT2D eigenvalue weighted by Gasteiger charge is -2.14. The molecule has 0 aromatic carbocycles. The third kappa shape index (κ3) is 1.53. The van der Waals surface area contributed by atoms with Gasteiger partial charge in [0.05, 0.1) is 17.3 Å². The molecule has 1 unspecified atom stereocenters. The first-order chi connectivity index (χ1) is 6.68. The average Bonchev–Trinajstić information content (AvgIpc) is 2.17. The summed E-state index contributed by atoms with van der Waals surface area (Å²) in [5, 5.41) is 0. The highest BCUT2D eigenvalue weighted by molar-refractivity contribution is 5.97. The van der Waals surface area contributed by atoms with Crippen LogP contribution in [0.1, 0.15) is 47.7 Å². The fourth-order valence-corrected chi connectivity index (χ4v) is 1.63. The molecule has 0 spiro atoms. The molecule has 0 aliphatic heterocycles. The molecule has 1 aromatic rings. The summed E-state index contributed by atoms with van der Waals surface area (Å²) in [5.74, 6) is 0.779. The zero-order valence-corrected chi connectivity index (χ0v) is 8.16. The number of carbonyl (C=O) groups excluding carboxylic acids is 1. The zero-order valence-electron chi connectivity index (χ0n) is 8.16. The Balaban J connectivity index is 2.44. The summed E-state index contributed by atoms with van der Waals surface area (Å²) in [6.45, 7) is 1.84. The number of fused-ring (bicyclic) bond motifs is 1. The molecular weight excluding hydrogens is 178 g/mol. The van der Waals surface area contributed by atoms with Crippen LogP contribution >= 0.6 is 0 Å². The first-order valence-corrected chi connectivity index (χ1v) is 4.83. The zero-order chi connectivity index (χ0) is 10.1. The molecule has 0 radical (unpaired) electrons. The molecule has 2 rings (SSSR count). The van der Waals surface area contributed by atoms with Crippen molar-refractivity contribution in [2.24, 2.45) is 5.73 Å². The van der Waals surface area contributed by atoms with Crippen LogP contribution in [0.25, 0.3) is 0 Å². The highest BCUT2D eigenvalue weighted by Gasteiger charge is 2.19. The standard InChI is InChI=1S/C10H13N3O/c1-6(11)10-12-5-7-8(13-10)3-2-4-9(7)14/h5-6H,2-4,11H2,1H3. The van der Waals surface area contributed by atoms with Crippen molar-refractivity contribution >= 4 is 5.78 Å². The number of rotatable bonds is 1. The SMILES string of the molecule is CC(N)c1ncc2c(n1)CCCC2=O. The Kier molecular flexibility index (Phi) is 2.29. The Hall–Kier alpha value is -1.29. The van der Waals surface area contributed by atoms with E-state index in [0.29, 0.717) is 17.8 Å². The smallest absolute Gasteiger partial charge is 0.166 e. The molecule has 1 aliphatic carbocycles. The Morgan fingerprint density at radius 1 is 1.50 bits per heavy atom. The van der Waals surface area contributed by atoms with Crippen molar-refractivity contribution in [1.82, 2.24) is 9.97 Å². The molecule has 0 fully saturated rings. The monoisotopic (exact) mass is 191 g/mol. The number of hydrogen-bond acceptors (Lipinski definition) is 4. The van der Waals surface area contributed by atoms with Crippen LogP contribution in [-0.4, -0.2) is 15.8 Å². The fraction of sp³-hybridized carbons (Fsp3) is 0.500. The van der Waals surface area contributed by atoms with E-state index in [1.165, 1.54) is 0 Å². The lowest BCUT2D eigenvalue weighted by atomic mass is 9.96. The second-order valence-electron chi connectivity index (χ2n) is 3.65. The topological polar surface area (TPSA) is 68.9 Å². The average molecular weight is 191 g/mol. The largest absolute Gasteiger partial charge is 0.322 e. The van der Waals surface area contributed by atoms with Gasteiger partial charge in [0.15, 0.2) is 5.78 Å². The van der Waals surface area contributed by atoms with Gasteiger partial charge in [0.1, 0.15) is 5.82 Å². The van der Waals surface area contributed by atoms with E-state index < -0.39 is 0 Å². The summed E-state index contributed by atoms with van der Waals surface area (Å²) in [6, 6.07) is -0.169. The summed E-state index contributed by atoms with van der Waals surface area (Å²) in [6.07, 6.45) is 3.99. The van der Waals surface area contributed by atoms with Gasteiger partial charge in [-0.25, -0.2) is 9.97 Å². The third-order valence-corrected chi connectivity index (χ3v) is 2.41. The highest BCUT2D eigenvalue weighted by Crippen LogP contribution is 2.19. The lowest BCUT2D eigenvalue weighted by Crippen LogP contribution is -2.17. The van der Waals surface area contributed by atoms with Crippen molar-refractivity contribution in [3.63, 3.8) is 0 Å². The number of aryl methyl sites for hydroxylation is 1. The van der Waals surface area contributed by atoms with Crippen molar-refractivity contribution in [3.05, 3.63) is 23.3 Å². The lowest BCUT2D eigenvalue weighted by molar-refractivity contribution is 0.0971. The maximum atomic E-state index is 11.5. The van der Waals surface area contributed by atoms with Crippen LogP contribution in [0.4, 0.5) is 0 Å². The van der Waals surface area contributed by atoms with Crippen LogP contribution in [0, 0.1) is 0 Å². The van der Waals surface area contributed by atoms with E-state index in [1.807, 2.05) is 6.92 Å². The van der Waals surface area contributed by atoms with Crippen molar-refractivity contribution in [2.45, 2.75) is 32.2 Å². The fourth-order valence-electron chi connectivity index (χ4n) is 1.63. The molecule has 14 heavy (non-hydrogen) atoms. The van der Waals surface area contributed by atoms with Crippen molar-refractivity contribution in [2.75, 3.05) is 0 Å². The summed E-state index contributed by atoms with van der Waals surface area (Å²) in [4.78, 5) is 19.8. The van der Waals surface area contributed by atoms with Crippen LogP contribution in [0.2, 0.25) is 0 Å². The molecule has 0 saturated carbocycles. The molecule has 0 bridgehead atoms. The van der Waals surface area contributed by atoms with Gasteiger partial charge in [-0.3, -0.25) is 4.79 Å². The van der Waals surface area contributed by atoms with Gasteiger partial charge < -0.3 is 5.73 Å². The van der Waals surface area contributed by atoms with E-state index in [9.17, 15) is 4.79 Å². The Bertz CT molecular complexity index is 374. The highest BCUT2D eigenvalue weighted by atomic mass is 16.1. The maximum absolute atomic E-state index is 11.5. The van der Waals surface area contributed by atoms with Gasteiger partial charge >= 0.3 is 0 Å². The molecule has 74 valence electrons. The first-order valence-electron chi connectivity index (χ1n) is 4.83. The molecule has 1 aliphatic rings. The second-order valence-corrected chi connectivity index (χ2v) is 3.65. The summed E-state index contributed by atoms with van der Waals surface area (Å²) in [7, 11) is 0. The molecule has 1 atom stereocenters. The molecule has 1 aromatic heterocycles. The van der Waals surface area contributed by atoms with Gasteiger partial charge in [-0.15, -0.1) is 0 Å². The molecule has 4 heteroatoms. The molecule has 0 saturated heterocycles. The third-order valence-electron chi connectivity index (χ3n) is 2.41. The Morgan fingerprint density at radius 3 is 3.00 bits per heavy atom. The maximum Gasteiger partial charge on any atom is 0.166 e. The van der Waals surface area contributed by atoms with Gasteiger partial charge in [-0.05, 0) is 19.8 Å². The Labute approximate surface area is 82.6 Å². The number of nitrogens with two attached hydrogens (primary N) is 1. The van der Waals surface area contributed by atoms with Crippen LogP contribution in [0.5, 0.6) is 0 Å². The molecule has 1 heterocycles. The van der Waals surface area contributed by atoms with Crippen molar-refractivity contribution < 1.29 is 4.79 Å². The van der Waals surface area contributed by atoms with Gasteiger partial charge in [0.25, 0.3) is 0 Å².